The minimum Gasteiger partial charge on any atom is -0.497 e. The van der Waals surface area contributed by atoms with E-state index in [9.17, 15) is 4.79 Å². The number of methoxy groups -OCH3 is 1. The molecular formula is C15H23NO2. The molecule has 0 saturated heterocycles. The number of hydrogen-bond donors (Lipinski definition) is 1. The molecule has 3 heteroatoms. The van der Waals surface area contributed by atoms with E-state index in [0.29, 0.717) is 0 Å². The molecule has 0 unspecified atom stereocenters. The van der Waals surface area contributed by atoms with Crippen LogP contribution in [0.4, 0.5) is 5.69 Å². The third kappa shape index (κ3) is 4.40. The fourth-order valence-corrected chi connectivity index (χ4v) is 2.02. The van der Waals surface area contributed by atoms with Gasteiger partial charge >= 0.3 is 0 Å². The van der Waals surface area contributed by atoms with Crippen LogP contribution in [0.25, 0.3) is 0 Å². The highest BCUT2D eigenvalue weighted by atomic mass is 16.5. The van der Waals surface area contributed by atoms with Crippen molar-refractivity contribution in [3.63, 3.8) is 0 Å². The number of carbonyl (C=O) groups excluding carboxylic acids is 1. The molecule has 1 rings (SSSR count). The van der Waals surface area contributed by atoms with Gasteiger partial charge in [-0.15, -0.1) is 0 Å². The van der Waals surface area contributed by atoms with E-state index in [2.05, 4.69) is 19.2 Å². The monoisotopic (exact) mass is 249 g/mol. The first-order chi connectivity index (χ1) is 8.71. The number of hydrogen-bond acceptors (Lipinski definition) is 2. The lowest BCUT2D eigenvalue weighted by Gasteiger charge is -2.15. The molecule has 0 spiro atoms. The Morgan fingerprint density at radius 3 is 2.17 bits per heavy atom. The minimum absolute atomic E-state index is 0.127. The molecule has 0 saturated carbocycles. The first-order valence-electron chi connectivity index (χ1n) is 6.66. The number of nitrogens with one attached hydrogen (secondary N) is 1. The van der Waals surface area contributed by atoms with Crippen LogP contribution in [-0.4, -0.2) is 13.0 Å². The third-order valence-electron chi connectivity index (χ3n) is 3.00. The number of rotatable bonds is 7. The molecule has 3 nitrogen and oxygen atoms in total. The summed E-state index contributed by atoms with van der Waals surface area (Å²) < 4.78 is 5.09. The highest BCUT2D eigenvalue weighted by Crippen LogP contribution is 2.19. The van der Waals surface area contributed by atoms with Gasteiger partial charge in [0.15, 0.2) is 0 Å². The third-order valence-corrected chi connectivity index (χ3v) is 3.00. The van der Waals surface area contributed by atoms with Gasteiger partial charge in [0.1, 0.15) is 5.75 Å². The van der Waals surface area contributed by atoms with Crippen LogP contribution < -0.4 is 10.1 Å². The molecule has 0 aromatic heterocycles. The van der Waals surface area contributed by atoms with Gasteiger partial charge in [0.25, 0.3) is 0 Å². The predicted octanol–water partition coefficient (Wildman–Crippen LogP) is 3.85. The maximum atomic E-state index is 12.1. The molecule has 1 amide bonds. The van der Waals surface area contributed by atoms with Crippen molar-refractivity contribution in [2.24, 2.45) is 5.92 Å². The molecule has 0 radical (unpaired) electrons. The van der Waals surface area contributed by atoms with Crippen LogP contribution in [0.15, 0.2) is 24.3 Å². The fraction of sp³-hybridized carbons (Fsp3) is 0.533. The quantitative estimate of drug-likeness (QED) is 0.797. The van der Waals surface area contributed by atoms with Crippen molar-refractivity contribution >= 4 is 11.6 Å². The maximum absolute atomic E-state index is 12.1. The van der Waals surface area contributed by atoms with Crippen molar-refractivity contribution in [3.05, 3.63) is 24.3 Å². The molecule has 0 heterocycles. The van der Waals surface area contributed by atoms with Crippen LogP contribution >= 0.6 is 0 Å². The summed E-state index contributed by atoms with van der Waals surface area (Å²) in [6.45, 7) is 4.23. The average Bonchev–Trinajstić information content (AvgIpc) is 2.39. The van der Waals surface area contributed by atoms with E-state index >= 15 is 0 Å². The van der Waals surface area contributed by atoms with E-state index in [1.807, 2.05) is 24.3 Å². The molecule has 0 aliphatic carbocycles. The van der Waals surface area contributed by atoms with Crippen molar-refractivity contribution in [3.8, 4) is 5.75 Å². The molecule has 1 N–H and O–H groups in total. The maximum Gasteiger partial charge on any atom is 0.227 e. The number of anilines is 1. The topological polar surface area (TPSA) is 38.3 Å². The van der Waals surface area contributed by atoms with Crippen molar-refractivity contribution in [1.29, 1.82) is 0 Å². The SMILES string of the molecule is CCCC(CCC)C(=O)Nc1ccc(OC)cc1. The van der Waals surface area contributed by atoms with Crippen molar-refractivity contribution in [2.45, 2.75) is 39.5 Å². The van der Waals surface area contributed by atoms with E-state index in [1.54, 1.807) is 7.11 Å². The molecule has 1 aromatic carbocycles. The lowest BCUT2D eigenvalue weighted by Crippen LogP contribution is -2.22. The summed E-state index contributed by atoms with van der Waals surface area (Å²) in [5.41, 5.74) is 0.831. The second-order valence-electron chi connectivity index (χ2n) is 4.49. The Kier molecular flexibility index (Phi) is 6.26. The van der Waals surface area contributed by atoms with Crippen LogP contribution in [0.3, 0.4) is 0 Å². The van der Waals surface area contributed by atoms with Gasteiger partial charge in [-0.3, -0.25) is 4.79 Å². The zero-order valence-electron chi connectivity index (χ0n) is 11.5. The van der Waals surface area contributed by atoms with Gasteiger partial charge < -0.3 is 10.1 Å². The molecular weight excluding hydrogens is 226 g/mol. The lowest BCUT2D eigenvalue weighted by atomic mass is 9.97. The second kappa shape index (κ2) is 7.75. The predicted molar refractivity (Wildman–Crippen MR) is 74.9 cm³/mol. The molecule has 0 aliphatic heterocycles. The highest BCUT2D eigenvalue weighted by molar-refractivity contribution is 5.92. The zero-order valence-corrected chi connectivity index (χ0v) is 11.5. The first kappa shape index (κ1) is 14.6. The first-order valence-corrected chi connectivity index (χ1v) is 6.66. The van der Waals surface area contributed by atoms with Gasteiger partial charge in [-0.05, 0) is 37.1 Å². The lowest BCUT2D eigenvalue weighted by molar-refractivity contribution is -0.120. The Bertz CT molecular complexity index is 353. The molecule has 0 aliphatic rings. The van der Waals surface area contributed by atoms with Gasteiger partial charge in [0, 0.05) is 11.6 Å². The Balaban J connectivity index is 2.60. The van der Waals surface area contributed by atoms with E-state index in [4.69, 9.17) is 4.74 Å². The minimum atomic E-state index is 0.127. The van der Waals surface area contributed by atoms with E-state index in [-0.39, 0.29) is 11.8 Å². The number of amides is 1. The van der Waals surface area contributed by atoms with E-state index < -0.39 is 0 Å². The highest BCUT2D eigenvalue weighted by Gasteiger charge is 2.16. The molecule has 0 atom stereocenters. The Labute approximate surface area is 110 Å². The summed E-state index contributed by atoms with van der Waals surface area (Å²) in [5.74, 6) is 1.05. The Morgan fingerprint density at radius 2 is 1.72 bits per heavy atom. The largest absolute Gasteiger partial charge is 0.497 e. The van der Waals surface area contributed by atoms with Crippen LogP contribution in [0, 0.1) is 5.92 Å². The van der Waals surface area contributed by atoms with Crippen molar-refractivity contribution in [1.82, 2.24) is 0 Å². The number of benzene rings is 1. The fourth-order valence-electron chi connectivity index (χ4n) is 2.02. The molecule has 1 aromatic rings. The summed E-state index contributed by atoms with van der Waals surface area (Å²) >= 11 is 0. The smallest absolute Gasteiger partial charge is 0.227 e. The summed E-state index contributed by atoms with van der Waals surface area (Å²) in [5, 5.41) is 2.97. The zero-order chi connectivity index (χ0) is 13.4. The van der Waals surface area contributed by atoms with Crippen LogP contribution in [0.5, 0.6) is 5.75 Å². The number of carbonyl (C=O) groups is 1. The van der Waals surface area contributed by atoms with Crippen LogP contribution in [0.1, 0.15) is 39.5 Å². The Hall–Kier alpha value is -1.51. The van der Waals surface area contributed by atoms with Gasteiger partial charge in [0.05, 0.1) is 7.11 Å². The van der Waals surface area contributed by atoms with Crippen molar-refractivity contribution < 1.29 is 9.53 Å². The summed E-state index contributed by atoms with van der Waals surface area (Å²) in [4.78, 5) is 12.1. The molecule has 0 bridgehead atoms. The molecule has 0 fully saturated rings. The van der Waals surface area contributed by atoms with Crippen molar-refractivity contribution in [2.75, 3.05) is 12.4 Å². The van der Waals surface area contributed by atoms with Crippen LogP contribution in [0.2, 0.25) is 0 Å². The standard InChI is InChI=1S/C15H23NO2/c1-4-6-12(7-5-2)15(17)16-13-8-10-14(18-3)11-9-13/h8-12H,4-7H2,1-3H3,(H,16,17). The van der Waals surface area contributed by atoms with E-state index in [0.717, 1.165) is 37.1 Å². The van der Waals surface area contributed by atoms with Crippen LogP contribution in [-0.2, 0) is 4.79 Å². The second-order valence-corrected chi connectivity index (χ2v) is 4.49. The molecule has 100 valence electrons. The van der Waals surface area contributed by atoms with Gasteiger partial charge in [-0.25, -0.2) is 0 Å². The van der Waals surface area contributed by atoms with Gasteiger partial charge in [0.2, 0.25) is 5.91 Å². The summed E-state index contributed by atoms with van der Waals surface area (Å²) in [6.07, 6.45) is 3.99. The number of ether oxygens (including phenoxy) is 1. The summed E-state index contributed by atoms with van der Waals surface area (Å²) in [6, 6.07) is 7.44. The molecule has 18 heavy (non-hydrogen) atoms. The Morgan fingerprint density at radius 1 is 1.17 bits per heavy atom. The van der Waals surface area contributed by atoms with Gasteiger partial charge in [-0.1, -0.05) is 26.7 Å². The van der Waals surface area contributed by atoms with Gasteiger partial charge in [-0.2, -0.15) is 0 Å². The van der Waals surface area contributed by atoms with E-state index in [1.165, 1.54) is 0 Å². The summed E-state index contributed by atoms with van der Waals surface area (Å²) in [7, 11) is 1.63. The normalized spacial score (nSPS) is 10.4. The average molecular weight is 249 g/mol.